The Morgan fingerprint density at radius 2 is 2.25 bits per heavy atom. The van der Waals surface area contributed by atoms with E-state index in [0.29, 0.717) is 19.3 Å². The molecule has 1 aliphatic carbocycles. The maximum absolute atomic E-state index is 11.2. The highest BCUT2D eigenvalue weighted by molar-refractivity contribution is 6.02. The van der Waals surface area contributed by atoms with E-state index in [-0.39, 0.29) is 23.9 Å². The second-order valence-electron chi connectivity index (χ2n) is 3.05. The van der Waals surface area contributed by atoms with Crippen LogP contribution in [-0.4, -0.2) is 11.6 Å². The fraction of sp³-hybridized carbons (Fsp3) is 0.600. The summed E-state index contributed by atoms with van der Waals surface area (Å²) in [6, 6.07) is 0. The predicted octanol–water partition coefficient (Wildman–Crippen LogP) is 1.34. The van der Waals surface area contributed by atoms with Gasteiger partial charge in [-0.1, -0.05) is 0 Å². The van der Waals surface area contributed by atoms with Gasteiger partial charge in [0.25, 0.3) is 0 Å². The summed E-state index contributed by atoms with van der Waals surface area (Å²) < 4.78 is 0. The van der Waals surface area contributed by atoms with Gasteiger partial charge < -0.3 is 0 Å². The molecule has 1 saturated carbocycles. The molecule has 1 atom stereocenters. The van der Waals surface area contributed by atoms with E-state index in [1.165, 1.54) is 0 Å². The second-order valence-corrected chi connectivity index (χ2v) is 3.05. The van der Waals surface area contributed by atoms with Gasteiger partial charge in [0.05, 0.1) is 6.42 Å². The van der Waals surface area contributed by atoms with Crippen LogP contribution >= 0.6 is 0 Å². The molecule has 0 aromatic carbocycles. The third-order valence-electron chi connectivity index (χ3n) is 2.12. The minimum absolute atomic E-state index is 0.0233. The van der Waals surface area contributed by atoms with Gasteiger partial charge in [-0.05, 0) is 13.3 Å². The Kier molecular flexibility index (Phi) is 3.04. The Morgan fingerprint density at radius 3 is 2.83 bits per heavy atom. The van der Waals surface area contributed by atoms with Crippen molar-refractivity contribution in [1.82, 2.24) is 0 Å². The number of hydrogen-bond donors (Lipinski definition) is 0. The molecule has 2 heteroatoms. The van der Waals surface area contributed by atoms with Crippen LogP contribution in [-0.2, 0) is 9.59 Å². The molecule has 12 heavy (non-hydrogen) atoms. The highest BCUT2D eigenvalue weighted by atomic mass is 16.1. The first-order chi connectivity index (χ1) is 5.74. The molecule has 1 aliphatic rings. The molecule has 0 aromatic heterocycles. The third-order valence-corrected chi connectivity index (χ3v) is 2.12. The molecule has 2 nitrogen and oxygen atoms in total. The molecule has 0 radical (unpaired) electrons. The zero-order chi connectivity index (χ0) is 8.97. The summed E-state index contributed by atoms with van der Waals surface area (Å²) in [7, 11) is 0. The first-order valence-corrected chi connectivity index (χ1v) is 4.18. The van der Waals surface area contributed by atoms with Crippen molar-refractivity contribution in [3.05, 3.63) is 0 Å². The van der Waals surface area contributed by atoms with Gasteiger partial charge in [-0.15, -0.1) is 11.8 Å². The average molecular weight is 164 g/mol. The van der Waals surface area contributed by atoms with E-state index in [1.807, 2.05) is 0 Å². The van der Waals surface area contributed by atoms with Crippen molar-refractivity contribution in [2.45, 2.75) is 32.6 Å². The van der Waals surface area contributed by atoms with Gasteiger partial charge in [-0.25, -0.2) is 0 Å². The first kappa shape index (κ1) is 8.99. The fourth-order valence-electron chi connectivity index (χ4n) is 1.36. The largest absolute Gasteiger partial charge is 0.299 e. The molecule has 0 bridgehead atoms. The van der Waals surface area contributed by atoms with Crippen LogP contribution in [0, 0.1) is 17.8 Å². The van der Waals surface area contributed by atoms with Crippen molar-refractivity contribution in [3.63, 3.8) is 0 Å². The van der Waals surface area contributed by atoms with E-state index in [4.69, 9.17) is 0 Å². The molecule has 1 rings (SSSR count). The lowest BCUT2D eigenvalue weighted by Crippen LogP contribution is -2.24. The van der Waals surface area contributed by atoms with Gasteiger partial charge >= 0.3 is 0 Å². The maximum atomic E-state index is 11.2. The summed E-state index contributed by atoms with van der Waals surface area (Å²) in [6.07, 6.45) is 2.02. The maximum Gasteiger partial charge on any atom is 0.144 e. The van der Waals surface area contributed by atoms with Crippen molar-refractivity contribution >= 4 is 11.6 Å². The molecular formula is C10H12O2. The third kappa shape index (κ3) is 2.20. The number of rotatable bonds is 1. The van der Waals surface area contributed by atoms with Crippen LogP contribution in [0.2, 0.25) is 0 Å². The van der Waals surface area contributed by atoms with Crippen molar-refractivity contribution in [3.8, 4) is 11.8 Å². The molecule has 0 aliphatic heterocycles. The Bertz CT molecular complexity index is 255. The molecule has 0 aromatic rings. The van der Waals surface area contributed by atoms with E-state index in [2.05, 4.69) is 11.8 Å². The molecule has 1 unspecified atom stereocenters. The number of carbonyl (C=O) groups is 2. The van der Waals surface area contributed by atoms with E-state index < -0.39 is 0 Å². The van der Waals surface area contributed by atoms with Gasteiger partial charge in [-0.2, -0.15) is 0 Å². The molecule has 1 fully saturated rings. The molecule has 0 spiro atoms. The monoisotopic (exact) mass is 164 g/mol. The van der Waals surface area contributed by atoms with E-state index in [0.717, 1.165) is 0 Å². The molecule has 0 saturated heterocycles. The van der Waals surface area contributed by atoms with E-state index in [1.54, 1.807) is 6.92 Å². The van der Waals surface area contributed by atoms with Crippen molar-refractivity contribution < 1.29 is 9.59 Å². The lowest BCUT2D eigenvalue weighted by atomic mass is 9.85. The van der Waals surface area contributed by atoms with Crippen molar-refractivity contribution in [2.75, 3.05) is 0 Å². The lowest BCUT2D eigenvalue weighted by Gasteiger charge is -2.16. The van der Waals surface area contributed by atoms with Crippen LogP contribution < -0.4 is 0 Å². The Morgan fingerprint density at radius 1 is 1.50 bits per heavy atom. The zero-order valence-corrected chi connectivity index (χ0v) is 7.22. The quantitative estimate of drug-likeness (QED) is 0.433. The van der Waals surface area contributed by atoms with Crippen molar-refractivity contribution in [2.24, 2.45) is 5.92 Å². The molecule has 64 valence electrons. The molecule has 0 N–H and O–H groups in total. The minimum Gasteiger partial charge on any atom is -0.299 e. The fourth-order valence-corrected chi connectivity index (χ4v) is 1.36. The second kappa shape index (κ2) is 4.06. The average Bonchev–Trinajstić information content (AvgIpc) is 2.03. The molecular weight excluding hydrogens is 152 g/mol. The highest BCUT2D eigenvalue weighted by Crippen LogP contribution is 2.20. The van der Waals surface area contributed by atoms with Crippen LogP contribution in [0.1, 0.15) is 32.6 Å². The SMILES string of the molecule is CC#CCC1CCC(=O)CC1=O. The molecule has 0 amide bonds. The summed E-state index contributed by atoms with van der Waals surface area (Å²) in [5, 5.41) is 0. The minimum atomic E-state index is 0.0233. The molecule has 0 heterocycles. The first-order valence-electron chi connectivity index (χ1n) is 4.18. The Hall–Kier alpha value is -1.10. The predicted molar refractivity (Wildman–Crippen MR) is 45.4 cm³/mol. The topological polar surface area (TPSA) is 34.1 Å². The van der Waals surface area contributed by atoms with Gasteiger partial charge in [0.15, 0.2) is 0 Å². The van der Waals surface area contributed by atoms with Crippen LogP contribution in [0.25, 0.3) is 0 Å². The summed E-state index contributed by atoms with van der Waals surface area (Å²) in [4.78, 5) is 22.1. The van der Waals surface area contributed by atoms with Crippen LogP contribution in [0.15, 0.2) is 0 Å². The van der Waals surface area contributed by atoms with E-state index >= 15 is 0 Å². The lowest BCUT2D eigenvalue weighted by molar-refractivity contribution is -0.132. The van der Waals surface area contributed by atoms with E-state index in [9.17, 15) is 9.59 Å². The summed E-state index contributed by atoms with van der Waals surface area (Å²) >= 11 is 0. The zero-order valence-electron chi connectivity index (χ0n) is 7.22. The number of hydrogen-bond acceptors (Lipinski definition) is 2. The van der Waals surface area contributed by atoms with Crippen LogP contribution in [0.3, 0.4) is 0 Å². The van der Waals surface area contributed by atoms with Crippen LogP contribution in [0.4, 0.5) is 0 Å². The van der Waals surface area contributed by atoms with Crippen molar-refractivity contribution in [1.29, 1.82) is 0 Å². The Balaban J connectivity index is 2.49. The number of carbonyl (C=O) groups excluding carboxylic acids is 2. The standard InChI is InChI=1S/C10H12O2/c1-2-3-4-8-5-6-9(11)7-10(8)12/h8H,4-7H2,1H3. The smallest absolute Gasteiger partial charge is 0.144 e. The highest BCUT2D eigenvalue weighted by Gasteiger charge is 2.25. The normalized spacial score (nSPS) is 23.2. The van der Waals surface area contributed by atoms with Gasteiger partial charge in [0.1, 0.15) is 11.6 Å². The Labute approximate surface area is 72.3 Å². The van der Waals surface area contributed by atoms with Gasteiger partial charge in [0.2, 0.25) is 0 Å². The van der Waals surface area contributed by atoms with Gasteiger partial charge in [-0.3, -0.25) is 9.59 Å². The summed E-state index contributed by atoms with van der Waals surface area (Å²) in [6.45, 7) is 1.76. The van der Waals surface area contributed by atoms with Gasteiger partial charge in [0, 0.05) is 18.8 Å². The number of ketones is 2. The number of Topliss-reactive ketones (excluding diaryl/α,β-unsaturated/α-hetero) is 2. The summed E-state index contributed by atoms with van der Waals surface area (Å²) in [5.74, 6) is 5.83. The summed E-state index contributed by atoms with van der Waals surface area (Å²) in [5.41, 5.74) is 0. The van der Waals surface area contributed by atoms with Crippen LogP contribution in [0.5, 0.6) is 0 Å².